The van der Waals surface area contributed by atoms with E-state index < -0.39 is 4.92 Å². The van der Waals surface area contributed by atoms with E-state index in [-0.39, 0.29) is 11.4 Å². The molecular formula is C14H13N3O4. The molecule has 0 saturated heterocycles. The molecule has 0 unspecified atom stereocenters. The van der Waals surface area contributed by atoms with Gasteiger partial charge in [-0.3, -0.25) is 15.5 Å². The minimum Gasteiger partial charge on any atom is -0.504 e. The van der Waals surface area contributed by atoms with Crippen LogP contribution >= 0.6 is 0 Å². The van der Waals surface area contributed by atoms with Gasteiger partial charge < -0.3 is 9.84 Å². The summed E-state index contributed by atoms with van der Waals surface area (Å²) in [6.07, 6.45) is 1.55. The van der Waals surface area contributed by atoms with Crippen molar-refractivity contribution in [3.05, 3.63) is 58.1 Å². The third-order valence-electron chi connectivity index (χ3n) is 2.69. The molecule has 0 atom stereocenters. The van der Waals surface area contributed by atoms with Crippen molar-refractivity contribution < 1.29 is 14.8 Å². The Hall–Kier alpha value is -3.09. The van der Waals surface area contributed by atoms with Crippen molar-refractivity contribution in [3.8, 4) is 11.5 Å². The van der Waals surface area contributed by atoms with Gasteiger partial charge in [-0.25, -0.2) is 0 Å². The minimum absolute atomic E-state index is 0.0211. The van der Waals surface area contributed by atoms with Crippen molar-refractivity contribution in [3.63, 3.8) is 0 Å². The number of benzene rings is 2. The molecule has 2 rings (SSSR count). The van der Waals surface area contributed by atoms with Crippen LogP contribution in [0.1, 0.15) is 5.56 Å². The van der Waals surface area contributed by atoms with Gasteiger partial charge in [-0.2, -0.15) is 5.10 Å². The van der Waals surface area contributed by atoms with E-state index in [1.54, 1.807) is 30.5 Å². The Balaban J connectivity index is 2.03. The molecule has 0 aliphatic carbocycles. The Morgan fingerprint density at radius 2 is 2.00 bits per heavy atom. The summed E-state index contributed by atoms with van der Waals surface area (Å²) in [6.45, 7) is 0. The number of nitro groups is 1. The Morgan fingerprint density at radius 1 is 1.29 bits per heavy atom. The maximum Gasteiger partial charge on any atom is 0.269 e. The zero-order valence-corrected chi connectivity index (χ0v) is 11.2. The standard InChI is InChI=1S/C14H13N3O4/c1-21-14-8-10(2-7-13(14)18)9-15-16-11-3-5-12(6-4-11)17(19)20/h2-9,16,18H,1H3/b15-9+. The van der Waals surface area contributed by atoms with Crippen LogP contribution in [0.4, 0.5) is 11.4 Å². The lowest BCUT2D eigenvalue weighted by atomic mass is 10.2. The van der Waals surface area contributed by atoms with Crippen LogP contribution in [0, 0.1) is 10.1 Å². The predicted molar refractivity (Wildman–Crippen MR) is 79.0 cm³/mol. The number of ether oxygens (including phenoxy) is 1. The average molecular weight is 287 g/mol. The van der Waals surface area contributed by atoms with Gasteiger partial charge in [-0.15, -0.1) is 0 Å². The first kappa shape index (κ1) is 14.3. The van der Waals surface area contributed by atoms with Gasteiger partial charge in [0.15, 0.2) is 11.5 Å². The summed E-state index contributed by atoms with van der Waals surface area (Å²) >= 11 is 0. The normalized spacial score (nSPS) is 10.5. The first-order valence-electron chi connectivity index (χ1n) is 6.00. The van der Waals surface area contributed by atoms with Gasteiger partial charge in [-0.05, 0) is 35.9 Å². The Bertz CT molecular complexity index is 668. The highest BCUT2D eigenvalue weighted by molar-refractivity contribution is 5.81. The molecule has 21 heavy (non-hydrogen) atoms. The molecule has 2 aromatic rings. The van der Waals surface area contributed by atoms with E-state index >= 15 is 0 Å². The van der Waals surface area contributed by atoms with Crippen LogP contribution in [0.2, 0.25) is 0 Å². The fourth-order valence-electron chi connectivity index (χ4n) is 1.61. The number of hydrazone groups is 1. The Labute approximate surface area is 120 Å². The molecule has 0 aliphatic rings. The van der Waals surface area contributed by atoms with E-state index in [4.69, 9.17) is 4.74 Å². The molecule has 2 N–H and O–H groups in total. The van der Waals surface area contributed by atoms with E-state index in [1.165, 1.54) is 25.3 Å². The third-order valence-corrected chi connectivity index (χ3v) is 2.69. The number of phenols is 1. The zero-order valence-electron chi connectivity index (χ0n) is 11.2. The summed E-state index contributed by atoms with van der Waals surface area (Å²) < 4.78 is 4.99. The SMILES string of the molecule is COc1cc(/C=N/Nc2ccc([N+](=O)[O-])cc2)ccc1O. The second kappa shape index (κ2) is 6.38. The number of aromatic hydroxyl groups is 1. The number of nitrogens with one attached hydrogen (secondary N) is 1. The number of hydrogen-bond donors (Lipinski definition) is 2. The highest BCUT2D eigenvalue weighted by atomic mass is 16.6. The van der Waals surface area contributed by atoms with Crippen LogP contribution in [0.5, 0.6) is 11.5 Å². The number of hydrogen-bond acceptors (Lipinski definition) is 6. The van der Waals surface area contributed by atoms with Crippen molar-refractivity contribution in [2.45, 2.75) is 0 Å². The molecular weight excluding hydrogens is 274 g/mol. The smallest absolute Gasteiger partial charge is 0.269 e. The van der Waals surface area contributed by atoms with Gasteiger partial charge in [0, 0.05) is 12.1 Å². The monoisotopic (exact) mass is 287 g/mol. The van der Waals surface area contributed by atoms with Crippen LogP contribution in [-0.2, 0) is 0 Å². The van der Waals surface area contributed by atoms with Crippen LogP contribution < -0.4 is 10.2 Å². The minimum atomic E-state index is -0.463. The molecule has 0 amide bonds. The number of rotatable bonds is 5. The highest BCUT2D eigenvalue weighted by Gasteiger charge is 2.03. The van der Waals surface area contributed by atoms with Crippen LogP contribution in [0.15, 0.2) is 47.6 Å². The first-order valence-corrected chi connectivity index (χ1v) is 6.00. The topological polar surface area (TPSA) is 97.0 Å². The number of nitrogens with zero attached hydrogens (tertiary/aromatic N) is 2. The quantitative estimate of drug-likeness (QED) is 0.500. The Kier molecular flexibility index (Phi) is 4.35. The van der Waals surface area contributed by atoms with Gasteiger partial charge in [0.25, 0.3) is 5.69 Å². The van der Waals surface area contributed by atoms with Gasteiger partial charge >= 0.3 is 0 Å². The van der Waals surface area contributed by atoms with Crippen molar-refractivity contribution in [2.24, 2.45) is 5.10 Å². The Morgan fingerprint density at radius 3 is 2.62 bits per heavy atom. The fourth-order valence-corrected chi connectivity index (χ4v) is 1.61. The molecule has 0 aliphatic heterocycles. The molecule has 0 heterocycles. The predicted octanol–water partition coefficient (Wildman–Crippen LogP) is 2.76. The second-order valence-electron chi connectivity index (χ2n) is 4.11. The van der Waals surface area contributed by atoms with Crippen molar-refractivity contribution in [1.29, 1.82) is 0 Å². The van der Waals surface area contributed by atoms with E-state index in [2.05, 4.69) is 10.5 Å². The van der Waals surface area contributed by atoms with Crippen LogP contribution in [-0.4, -0.2) is 23.4 Å². The number of phenolic OH excluding ortho intramolecular Hbond substituents is 1. The highest BCUT2D eigenvalue weighted by Crippen LogP contribution is 2.25. The zero-order chi connectivity index (χ0) is 15.2. The number of non-ortho nitro benzene ring substituents is 1. The molecule has 7 nitrogen and oxygen atoms in total. The number of methoxy groups -OCH3 is 1. The van der Waals surface area contributed by atoms with E-state index in [9.17, 15) is 15.2 Å². The summed E-state index contributed by atoms with van der Waals surface area (Å²) in [5, 5.41) is 24.0. The molecule has 108 valence electrons. The molecule has 0 bridgehead atoms. The van der Waals surface area contributed by atoms with Crippen LogP contribution in [0.25, 0.3) is 0 Å². The van der Waals surface area contributed by atoms with Gasteiger partial charge in [0.05, 0.1) is 23.9 Å². The lowest BCUT2D eigenvalue weighted by Crippen LogP contribution is -1.92. The largest absolute Gasteiger partial charge is 0.504 e. The fraction of sp³-hybridized carbons (Fsp3) is 0.0714. The van der Waals surface area contributed by atoms with Crippen LogP contribution in [0.3, 0.4) is 0 Å². The molecule has 0 radical (unpaired) electrons. The van der Waals surface area contributed by atoms with E-state index in [1.807, 2.05) is 0 Å². The maximum atomic E-state index is 10.5. The maximum absolute atomic E-state index is 10.5. The van der Waals surface area contributed by atoms with Gasteiger partial charge in [0.1, 0.15) is 0 Å². The lowest BCUT2D eigenvalue weighted by Gasteiger charge is -2.03. The number of nitro benzene ring substituents is 1. The van der Waals surface area contributed by atoms with E-state index in [0.717, 1.165) is 5.56 Å². The molecule has 0 aromatic heterocycles. The average Bonchev–Trinajstić information content (AvgIpc) is 2.49. The first-order chi connectivity index (χ1) is 10.1. The van der Waals surface area contributed by atoms with Gasteiger partial charge in [0.2, 0.25) is 0 Å². The summed E-state index contributed by atoms with van der Waals surface area (Å²) in [5.41, 5.74) is 4.14. The van der Waals surface area contributed by atoms with Crippen molar-refractivity contribution >= 4 is 17.6 Å². The summed E-state index contributed by atoms with van der Waals surface area (Å²) in [5.74, 6) is 0.410. The van der Waals surface area contributed by atoms with Crippen molar-refractivity contribution in [2.75, 3.05) is 12.5 Å². The summed E-state index contributed by atoms with van der Waals surface area (Å²) in [4.78, 5) is 10.1. The van der Waals surface area contributed by atoms with E-state index in [0.29, 0.717) is 11.4 Å². The molecule has 7 heteroatoms. The lowest BCUT2D eigenvalue weighted by molar-refractivity contribution is -0.384. The molecule has 0 spiro atoms. The summed E-state index contributed by atoms with van der Waals surface area (Å²) in [6, 6.07) is 10.7. The second-order valence-corrected chi connectivity index (χ2v) is 4.11. The molecule has 0 fully saturated rings. The van der Waals surface area contributed by atoms with Crippen molar-refractivity contribution in [1.82, 2.24) is 0 Å². The molecule has 0 saturated carbocycles. The third kappa shape index (κ3) is 3.69. The number of anilines is 1. The molecule has 2 aromatic carbocycles. The summed E-state index contributed by atoms with van der Waals surface area (Å²) in [7, 11) is 1.46. The van der Waals surface area contributed by atoms with Gasteiger partial charge in [-0.1, -0.05) is 0 Å².